The van der Waals surface area contributed by atoms with E-state index in [1.54, 1.807) is 0 Å². The standard InChI is InChI=1S/C13H17FO/c14-8-13(11-4-2-5-11)12-6-1-3-10(7-12)9-15/h1,3,6-7,11,13,15H,2,4-5,8-9H2. The molecule has 1 aliphatic rings. The molecule has 82 valence electrons. The highest BCUT2D eigenvalue weighted by molar-refractivity contribution is 5.27. The van der Waals surface area contributed by atoms with Gasteiger partial charge in [0.05, 0.1) is 13.3 Å². The molecule has 1 unspecified atom stereocenters. The Labute approximate surface area is 89.9 Å². The molecule has 1 aromatic carbocycles. The van der Waals surface area contributed by atoms with Gasteiger partial charge in [-0.05, 0) is 29.9 Å². The lowest BCUT2D eigenvalue weighted by Gasteiger charge is -2.32. The van der Waals surface area contributed by atoms with Crippen molar-refractivity contribution in [3.63, 3.8) is 0 Å². The molecule has 1 saturated carbocycles. The zero-order valence-corrected chi connectivity index (χ0v) is 8.82. The summed E-state index contributed by atoms with van der Waals surface area (Å²) in [6, 6.07) is 7.69. The molecule has 0 saturated heterocycles. The predicted molar refractivity (Wildman–Crippen MR) is 58.4 cm³/mol. The van der Waals surface area contributed by atoms with Gasteiger partial charge in [0.1, 0.15) is 0 Å². The summed E-state index contributed by atoms with van der Waals surface area (Å²) in [6.07, 6.45) is 3.54. The van der Waals surface area contributed by atoms with Gasteiger partial charge in [-0.3, -0.25) is 4.39 Å². The van der Waals surface area contributed by atoms with E-state index in [4.69, 9.17) is 5.11 Å². The van der Waals surface area contributed by atoms with Gasteiger partial charge in [0.2, 0.25) is 0 Å². The molecule has 1 N–H and O–H groups in total. The molecule has 0 heterocycles. The maximum Gasteiger partial charge on any atom is 0.0965 e. The Morgan fingerprint density at radius 2 is 2.20 bits per heavy atom. The van der Waals surface area contributed by atoms with Crippen LogP contribution in [0.4, 0.5) is 4.39 Å². The van der Waals surface area contributed by atoms with Crippen molar-refractivity contribution in [3.05, 3.63) is 35.4 Å². The zero-order valence-electron chi connectivity index (χ0n) is 8.82. The third kappa shape index (κ3) is 2.20. The van der Waals surface area contributed by atoms with E-state index in [0.29, 0.717) is 5.92 Å². The minimum atomic E-state index is -0.278. The van der Waals surface area contributed by atoms with Crippen molar-refractivity contribution in [2.24, 2.45) is 5.92 Å². The number of benzene rings is 1. The molecule has 1 fully saturated rings. The summed E-state index contributed by atoms with van der Waals surface area (Å²) in [4.78, 5) is 0. The molecule has 0 aromatic heterocycles. The van der Waals surface area contributed by atoms with E-state index in [9.17, 15) is 4.39 Å². The molecule has 0 spiro atoms. The Balaban J connectivity index is 2.17. The lowest BCUT2D eigenvalue weighted by Crippen LogP contribution is -2.21. The molecular weight excluding hydrogens is 191 g/mol. The first-order valence-corrected chi connectivity index (χ1v) is 5.61. The number of hydrogen-bond donors (Lipinski definition) is 1. The SMILES string of the molecule is OCc1cccc(C(CF)C2CCC2)c1. The smallest absolute Gasteiger partial charge is 0.0965 e. The molecule has 1 atom stereocenters. The molecule has 1 aromatic rings. The molecular formula is C13H17FO. The fourth-order valence-electron chi connectivity index (χ4n) is 2.25. The third-order valence-corrected chi connectivity index (χ3v) is 3.45. The molecule has 0 radical (unpaired) electrons. The molecule has 2 heteroatoms. The average Bonchev–Trinajstić information content (AvgIpc) is 2.23. The highest BCUT2D eigenvalue weighted by Crippen LogP contribution is 2.39. The molecule has 2 rings (SSSR count). The number of alkyl halides is 1. The van der Waals surface area contributed by atoms with Gasteiger partial charge in [-0.25, -0.2) is 0 Å². The van der Waals surface area contributed by atoms with Crippen molar-refractivity contribution in [2.45, 2.75) is 31.8 Å². The zero-order chi connectivity index (χ0) is 10.7. The summed E-state index contributed by atoms with van der Waals surface area (Å²) >= 11 is 0. The lowest BCUT2D eigenvalue weighted by atomic mass is 9.73. The Morgan fingerprint density at radius 1 is 1.40 bits per heavy atom. The van der Waals surface area contributed by atoms with E-state index in [0.717, 1.165) is 24.0 Å². The van der Waals surface area contributed by atoms with E-state index >= 15 is 0 Å². The number of aliphatic hydroxyl groups is 1. The van der Waals surface area contributed by atoms with E-state index < -0.39 is 0 Å². The minimum absolute atomic E-state index is 0.0392. The van der Waals surface area contributed by atoms with Crippen molar-refractivity contribution in [1.82, 2.24) is 0 Å². The number of aliphatic hydroxyl groups excluding tert-OH is 1. The van der Waals surface area contributed by atoms with Crippen LogP contribution in [0.2, 0.25) is 0 Å². The van der Waals surface area contributed by atoms with Gasteiger partial charge in [0, 0.05) is 5.92 Å². The lowest BCUT2D eigenvalue weighted by molar-refractivity contribution is 0.226. The van der Waals surface area contributed by atoms with Crippen molar-refractivity contribution < 1.29 is 9.50 Å². The first-order valence-electron chi connectivity index (χ1n) is 5.61. The summed E-state index contributed by atoms with van der Waals surface area (Å²) in [5.41, 5.74) is 1.93. The van der Waals surface area contributed by atoms with Gasteiger partial charge in [0.25, 0.3) is 0 Å². The van der Waals surface area contributed by atoms with Gasteiger partial charge < -0.3 is 5.11 Å². The van der Waals surface area contributed by atoms with Crippen LogP contribution in [0.1, 0.15) is 36.3 Å². The normalized spacial score (nSPS) is 18.5. The van der Waals surface area contributed by atoms with Gasteiger partial charge >= 0.3 is 0 Å². The van der Waals surface area contributed by atoms with Gasteiger partial charge in [0.15, 0.2) is 0 Å². The van der Waals surface area contributed by atoms with Crippen LogP contribution in [-0.4, -0.2) is 11.8 Å². The Hall–Kier alpha value is -0.890. The maximum atomic E-state index is 13.0. The Kier molecular flexibility index (Phi) is 3.37. The summed E-state index contributed by atoms with van der Waals surface area (Å²) in [5, 5.41) is 9.03. The highest BCUT2D eigenvalue weighted by Gasteiger charge is 2.28. The highest BCUT2D eigenvalue weighted by atomic mass is 19.1. The van der Waals surface area contributed by atoms with Gasteiger partial charge in [-0.15, -0.1) is 0 Å². The topological polar surface area (TPSA) is 20.2 Å². The van der Waals surface area contributed by atoms with E-state index in [1.165, 1.54) is 6.42 Å². The van der Waals surface area contributed by atoms with Gasteiger partial charge in [-0.2, -0.15) is 0 Å². The predicted octanol–water partition coefficient (Wildman–Crippen LogP) is 3.03. The number of halogens is 1. The van der Waals surface area contributed by atoms with E-state index in [2.05, 4.69) is 0 Å². The first-order chi connectivity index (χ1) is 7.35. The number of hydrogen-bond acceptors (Lipinski definition) is 1. The van der Waals surface area contributed by atoms with E-state index in [-0.39, 0.29) is 19.2 Å². The van der Waals surface area contributed by atoms with Crippen molar-refractivity contribution in [2.75, 3.05) is 6.67 Å². The second kappa shape index (κ2) is 4.75. The summed E-state index contributed by atoms with van der Waals surface area (Å²) in [6.45, 7) is -0.239. The van der Waals surface area contributed by atoms with Crippen LogP contribution in [0.5, 0.6) is 0 Å². The molecule has 1 nitrogen and oxygen atoms in total. The summed E-state index contributed by atoms with van der Waals surface area (Å²) < 4.78 is 13.0. The monoisotopic (exact) mass is 208 g/mol. The summed E-state index contributed by atoms with van der Waals surface area (Å²) in [7, 11) is 0. The van der Waals surface area contributed by atoms with Crippen LogP contribution in [0.3, 0.4) is 0 Å². The fraction of sp³-hybridized carbons (Fsp3) is 0.538. The van der Waals surface area contributed by atoms with Crippen LogP contribution in [-0.2, 0) is 6.61 Å². The Bertz CT molecular complexity index is 320. The molecule has 0 bridgehead atoms. The van der Waals surface area contributed by atoms with E-state index in [1.807, 2.05) is 24.3 Å². The molecule has 0 aliphatic heterocycles. The minimum Gasteiger partial charge on any atom is -0.392 e. The van der Waals surface area contributed by atoms with Crippen molar-refractivity contribution in [3.8, 4) is 0 Å². The molecule has 15 heavy (non-hydrogen) atoms. The second-order valence-corrected chi connectivity index (χ2v) is 4.35. The van der Waals surface area contributed by atoms with Crippen LogP contribution >= 0.6 is 0 Å². The molecule has 0 amide bonds. The average molecular weight is 208 g/mol. The van der Waals surface area contributed by atoms with Crippen molar-refractivity contribution >= 4 is 0 Å². The second-order valence-electron chi connectivity index (χ2n) is 4.35. The van der Waals surface area contributed by atoms with Crippen LogP contribution in [0.15, 0.2) is 24.3 Å². The fourth-order valence-corrected chi connectivity index (χ4v) is 2.25. The van der Waals surface area contributed by atoms with Crippen LogP contribution < -0.4 is 0 Å². The van der Waals surface area contributed by atoms with Crippen LogP contribution in [0, 0.1) is 5.92 Å². The third-order valence-electron chi connectivity index (χ3n) is 3.45. The largest absolute Gasteiger partial charge is 0.392 e. The first kappa shape index (κ1) is 10.6. The summed E-state index contributed by atoms with van der Waals surface area (Å²) in [5.74, 6) is 0.564. The van der Waals surface area contributed by atoms with Crippen LogP contribution in [0.25, 0.3) is 0 Å². The number of rotatable bonds is 4. The maximum absolute atomic E-state index is 13.0. The van der Waals surface area contributed by atoms with Crippen molar-refractivity contribution in [1.29, 1.82) is 0 Å². The molecule has 1 aliphatic carbocycles. The quantitative estimate of drug-likeness (QED) is 0.806. The van der Waals surface area contributed by atoms with Gasteiger partial charge in [-0.1, -0.05) is 30.7 Å². The Morgan fingerprint density at radius 3 is 2.73 bits per heavy atom.